The van der Waals surface area contributed by atoms with E-state index in [1.54, 1.807) is 19.2 Å². The molecule has 1 amide bonds. The van der Waals surface area contributed by atoms with Gasteiger partial charge in [-0.25, -0.2) is 8.42 Å². The van der Waals surface area contributed by atoms with Gasteiger partial charge in [0.1, 0.15) is 0 Å². The van der Waals surface area contributed by atoms with Crippen LogP contribution in [0.25, 0.3) is 0 Å². The van der Waals surface area contributed by atoms with Gasteiger partial charge in [-0.1, -0.05) is 18.6 Å². The minimum atomic E-state index is -2.99. The molecule has 5 nitrogen and oxygen atoms in total. The first-order valence-electron chi connectivity index (χ1n) is 7.15. The SMILES string of the molecule is CNC(=O)c1ccc(CNC2CCCC2S(C)(=O)=O)cc1. The van der Waals surface area contributed by atoms with Crippen molar-refractivity contribution in [3.8, 4) is 0 Å². The van der Waals surface area contributed by atoms with Gasteiger partial charge in [0.25, 0.3) is 5.91 Å². The normalized spacial score (nSPS) is 22.2. The van der Waals surface area contributed by atoms with Gasteiger partial charge in [-0.05, 0) is 30.5 Å². The zero-order valence-electron chi connectivity index (χ0n) is 12.4. The number of benzene rings is 1. The van der Waals surface area contributed by atoms with Crippen molar-refractivity contribution in [2.75, 3.05) is 13.3 Å². The molecule has 0 radical (unpaired) electrons. The smallest absolute Gasteiger partial charge is 0.251 e. The largest absolute Gasteiger partial charge is 0.355 e. The maximum Gasteiger partial charge on any atom is 0.251 e. The number of hydrogen-bond acceptors (Lipinski definition) is 4. The Kier molecular flexibility index (Phi) is 5.00. The summed E-state index contributed by atoms with van der Waals surface area (Å²) in [4.78, 5) is 11.5. The minimum Gasteiger partial charge on any atom is -0.355 e. The Balaban J connectivity index is 1.95. The second kappa shape index (κ2) is 6.58. The number of hydrogen-bond donors (Lipinski definition) is 2. The van der Waals surface area contributed by atoms with Crippen LogP contribution in [0.4, 0.5) is 0 Å². The van der Waals surface area contributed by atoms with Gasteiger partial charge in [-0.15, -0.1) is 0 Å². The molecular weight excluding hydrogens is 288 g/mol. The van der Waals surface area contributed by atoms with E-state index in [1.165, 1.54) is 6.26 Å². The first kappa shape index (κ1) is 16.0. The fourth-order valence-electron chi connectivity index (χ4n) is 2.84. The van der Waals surface area contributed by atoms with Crippen LogP contribution < -0.4 is 10.6 Å². The van der Waals surface area contributed by atoms with E-state index >= 15 is 0 Å². The summed E-state index contributed by atoms with van der Waals surface area (Å²) in [6.45, 7) is 0.616. The molecular formula is C15H22N2O3S. The van der Waals surface area contributed by atoms with E-state index < -0.39 is 9.84 Å². The van der Waals surface area contributed by atoms with Crippen molar-refractivity contribution < 1.29 is 13.2 Å². The molecule has 2 atom stereocenters. The Hall–Kier alpha value is -1.40. The van der Waals surface area contributed by atoms with Crippen LogP contribution in [0, 0.1) is 0 Å². The highest BCUT2D eigenvalue weighted by molar-refractivity contribution is 7.91. The number of sulfone groups is 1. The van der Waals surface area contributed by atoms with Crippen LogP contribution in [-0.2, 0) is 16.4 Å². The molecule has 0 spiro atoms. The summed E-state index contributed by atoms with van der Waals surface area (Å²) in [6.07, 6.45) is 3.90. The molecule has 1 aromatic carbocycles. The lowest BCUT2D eigenvalue weighted by Gasteiger charge is -2.19. The molecule has 116 valence electrons. The van der Waals surface area contributed by atoms with E-state index in [-0.39, 0.29) is 17.2 Å². The van der Waals surface area contributed by atoms with Gasteiger partial charge in [0.05, 0.1) is 5.25 Å². The topological polar surface area (TPSA) is 75.3 Å². The molecule has 0 aromatic heterocycles. The molecule has 0 heterocycles. The number of carbonyl (C=O) groups is 1. The number of carbonyl (C=O) groups excluding carboxylic acids is 1. The van der Waals surface area contributed by atoms with Crippen molar-refractivity contribution in [2.24, 2.45) is 0 Å². The van der Waals surface area contributed by atoms with Crippen molar-refractivity contribution in [3.05, 3.63) is 35.4 Å². The third-order valence-corrected chi connectivity index (χ3v) is 5.68. The third kappa shape index (κ3) is 4.04. The molecule has 0 saturated heterocycles. The quantitative estimate of drug-likeness (QED) is 0.854. The highest BCUT2D eigenvalue weighted by atomic mass is 32.2. The summed E-state index contributed by atoms with van der Waals surface area (Å²) >= 11 is 0. The highest BCUT2D eigenvalue weighted by Gasteiger charge is 2.34. The lowest BCUT2D eigenvalue weighted by atomic mass is 10.1. The molecule has 1 aromatic rings. The predicted molar refractivity (Wildman–Crippen MR) is 82.9 cm³/mol. The van der Waals surface area contributed by atoms with Gasteiger partial charge in [0.2, 0.25) is 0 Å². The van der Waals surface area contributed by atoms with Gasteiger partial charge >= 0.3 is 0 Å². The second-order valence-corrected chi connectivity index (χ2v) is 7.83. The summed E-state index contributed by atoms with van der Waals surface area (Å²) in [5, 5.41) is 5.64. The summed E-state index contributed by atoms with van der Waals surface area (Å²) in [7, 11) is -1.39. The van der Waals surface area contributed by atoms with Crippen molar-refractivity contribution in [1.29, 1.82) is 0 Å². The highest BCUT2D eigenvalue weighted by Crippen LogP contribution is 2.25. The monoisotopic (exact) mass is 310 g/mol. The number of rotatable bonds is 5. The zero-order chi connectivity index (χ0) is 15.5. The molecule has 6 heteroatoms. The molecule has 1 fully saturated rings. The van der Waals surface area contributed by atoms with Crippen LogP contribution in [0.2, 0.25) is 0 Å². The fourth-order valence-corrected chi connectivity index (χ4v) is 4.26. The molecule has 2 unspecified atom stereocenters. The molecule has 2 rings (SSSR count). The maximum atomic E-state index is 11.7. The lowest BCUT2D eigenvalue weighted by molar-refractivity contribution is 0.0963. The molecule has 21 heavy (non-hydrogen) atoms. The first-order valence-corrected chi connectivity index (χ1v) is 9.10. The predicted octanol–water partition coefficient (Wildman–Crippen LogP) is 1.10. The summed E-state index contributed by atoms with van der Waals surface area (Å²) in [5.74, 6) is -0.109. The van der Waals surface area contributed by atoms with Gasteiger partial charge in [-0.3, -0.25) is 4.79 Å². The molecule has 1 aliphatic carbocycles. The van der Waals surface area contributed by atoms with E-state index in [9.17, 15) is 13.2 Å². The minimum absolute atomic E-state index is 0.0265. The number of amides is 1. The first-order chi connectivity index (χ1) is 9.91. The van der Waals surface area contributed by atoms with Crippen LogP contribution in [0.1, 0.15) is 35.2 Å². The van der Waals surface area contributed by atoms with Crippen molar-refractivity contribution in [3.63, 3.8) is 0 Å². The maximum absolute atomic E-state index is 11.7. The Morgan fingerprint density at radius 3 is 2.48 bits per heavy atom. The van der Waals surface area contributed by atoms with Gasteiger partial charge in [-0.2, -0.15) is 0 Å². The molecule has 1 saturated carbocycles. The Morgan fingerprint density at radius 2 is 1.90 bits per heavy atom. The summed E-state index contributed by atoms with van der Waals surface area (Å²) in [5.41, 5.74) is 1.66. The fraction of sp³-hybridized carbons (Fsp3) is 0.533. The van der Waals surface area contributed by atoms with Crippen molar-refractivity contribution >= 4 is 15.7 Å². The number of nitrogens with one attached hydrogen (secondary N) is 2. The Bertz CT molecular complexity index is 596. The van der Waals surface area contributed by atoms with Crippen LogP contribution >= 0.6 is 0 Å². The van der Waals surface area contributed by atoms with E-state index in [2.05, 4.69) is 10.6 Å². The average molecular weight is 310 g/mol. The van der Waals surface area contributed by atoms with Gasteiger partial charge in [0, 0.05) is 31.5 Å². The summed E-state index contributed by atoms with van der Waals surface area (Å²) < 4.78 is 23.4. The van der Waals surface area contributed by atoms with Crippen molar-refractivity contribution in [1.82, 2.24) is 10.6 Å². The Labute approximate surface area is 126 Å². The zero-order valence-corrected chi connectivity index (χ0v) is 13.2. The third-order valence-electron chi connectivity index (χ3n) is 4.01. The lowest BCUT2D eigenvalue weighted by Crippen LogP contribution is -2.39. The van der Waals surface area contributed by atoms with Crippen LogP contribution in [-0.4, -0.2) is 38.9 Å². The van der Waals surface area contributed by atoms with Crippen LogP contribution in [0.15, 0.2) is 24.3 Å². The molecule has 0 aliphatic heterocycles. The van der Waals surface area contributed by atoms with Crippen molar-refractivity contribution in [2.45, 2.75) is 37.1 Å². The van der Waals surface area contributed by atoms with E-state index in [0.29, 0.717) is 12.1 Å². The summed E-state index contributed by atoms with van der Waals surface area (Å²) in [6, 6.07) is 7.36. The Morgan fingerprint density at radius 1 is 1.24 bits per heavy atom. The molecule has 1 aliphatic rings. The standard InChI is InChI=1S/C15H22N2O3S/c1-16-15(18)12-8-6-11(7-9-12)10-17-13-4-3-5-14(13)21(2,19)20/h6-9,13-14,17H,3-5,10H2,1-2H3,(H,16,18). The van der Waals surface area contributed by atoms with Gasteiger partial charge in [0.15, 0.2) is 9.84 Å². The molecule has 0 bridgehead atoms. The van der Waals surface area contributed by atoms with E-state index in [0.717, 1.165) is 24.8 Å². The van der Waals surface area contributed by atoms with E-state index in [4.69, 9.17) is 0 Å². The van der Waals surface area contributed by atoms with Crippen LogP contribution in [0.3, 0.4) is 0 Å². The van der Waals surface area contributed by atoms with Crippen LogP contribution in [0.5, 0.6) is 0 Å². The van der Waals surface area contributed by atoms with E-state index in [1.807, 2.05) is 12.1 Å². The second-order valence-electron chi connectivity index (χ2n) is 5.56. The molecule has 2 N–H and O–H groups in total. The van der Waals surface area contributed by atoms with Gasteiger partial charge < -0.3 is 10.6 Å². The average Bonchev–Trinajstić information content (AvgIpc) is 2.93.